The lowest BCUT2D eigenvalue weighted by Gasteiger charge is -2.25. The predicted octanol–water partition coefficient (Wildman–Crippen LogP) is 3.25. The van der Waals surface area contributed by atoms with Crippen molar-refractivity contribution >= 4 is 5.91 Å². The monoisotopic (exact) mass is 294 g/mol. The second-order valence-electron chi connectivity index (χ2n) is 5.81. The minimum absolute atomic E-state index is 0.00588. The van der Waals surface area contributed by atoms with Gasteiger partial charge in [-0.25, -0.2) is 0 Å². The van der Waals surface area contributed by atoms with Gasteiger partial charge in [0.25, 0.3) is 5.91 Å². The summed E-state index contributed by atoms with van der Waals surface area (Å²) in [6, 6.07) is 19.7. The van der Waals surface area contributed by atoms with Crippen LogP contribution < -0.4 is 5.32 Å². The van der Waals surface area contributed by atoms with Crippen LogP contribution in [0.25, 0.3) is 0 Å². The number of amides is 1. The Hall–Kier alpha value is -2.13. The highest BCUT2D eigenvalue weighted by atomic mass is 16.1. The highest BCUT2D eigenvalue weighted by Crippen LogP contribution is 2.18. The molecule has 1 atom stereocenters. The Morgan fingerprint density at radius 1 is 0.955 bits per heavy atom. The van der Waals surface area contributed by atoms with E-state index in [1.54, 1.807) is 0 Å². The van der Waals surface area contributed by atoms with E-state index in [-0.39, 0.29) is 11.9 Å². The van der Waals surface area contributed by atoms with Crippen molar-refractivity contribution in [1.82, 2.24) is 10.2 Å². The Bertz CT molecular complexity index is 591. The summed E-state index contributed by atoms with van der Waals surface area (Å²) >= 11 is 0. The van der Waals surface area contributed by atoms with Gasteiger partial charge in [0.05, 0.1) is 6.04 Å². The molecule has 114 valence electrons. The average molecular weight is 294 g/mol. The van der Waals surface area contributed by atoms with Gasteiger partial charge in [-0.2, -0.15) is 0 Å². The van der Waals surface area contributed by atoms with E-state index >= 15 is 0 Å². The van der Waals surface area contributed by atoms with E-state index in [2.05, 4.69) is 22.3 Å². The molecule has 0 saturated carbocycles. The molecule has 2 aromatic carbocycles. The van der Waals surface area contributed by atoms with Crippen LogP contribution in [0.4, 0.5) is 0 Å². The van der Waals surface area contributed by atoms with E-state index in [0.717, 1.165) is 19.6 Å². The molecule has 3 rings (SSSR count). The highest BCUT2D eigenvalue weighted by Gasteiger charge is 2.20. The fraction of sp³-hybridized carbons (Fsp3) is 0.316. The smallest absolute Gasteiger partial charge is 0.251 e. The molecule has 0 radical (unpaired) electrons. The van der Waals surface area contributed by atoms with Gasteiger partial charge < -0.3 is 10.2 Å². The van der Waals surface area contributed by atoms with Crippen LogP contribution in [0, 0.1) is 0 Å². The van der Waals surface area contributed by atoms with Gasteiger partial charge in [0.1, 0.15) is 0 Å². The molecule has 3 heteroatoms. The SMILES string of the molecule is O=C(NC(CN1CCCC1)c1ccccc1)c1ccccc1. The molecule has 0 aromatic heterocycles. The number of rotatable bonds is 5. The van der Waals surface area contributed by atoms with Gasteiger partial charge in [-0.15, -0.1) is 0 Å². The first-order valence-corrected chi connectivity index (χ1v) is 7.96. The number of nitrogens with one attached hydrogen (secondary N) is 1. The number of hydrogen-bond donors (Lipinski definition) is 1. The normalized spacial score (nSPS) is 16.4. The van der Waals surface area contributed by atoms with E-state index < -0.39 is 0 Å². The first kappa shape index (κ1) is 14.8. The van der Waals surface area contributed by atoms with E-state index in [4.69, 9.17) is 0 Å². The van der Waals surface area contributed by atoms with Crippen molar-refractivity contribution in [3.63, 3.8) is 0 Å². The molecular formula is C19H22N2O. The minimum Gasteiger partial charge on any atom is -0.344 e. The van der Waals surface area contributed by atoms with Crippen LogP contribution in [-0.4, -0.2) is 30.4 Å². The summed E-state index contributed by atoms with van der Waals surface area (Å²) < 4.78 is 0. The molecule has 0 spiro atoms. The first-order valence-electron chi connectivity index (χ1n) is 7.96. The molecule has 2 aromatic rings. The van der Waals surface area contributed by atoms with E-state index in [9.17, 15) is 4.79 Å². The van der Waals surface area contributed by atoms with Crippen LogP contribution in [0.1, 0.15) is 34.8 Å². The Balaban J connectivity index is 1.74. The van der Waals surface area contributed by atoms with Gasteiger partial charge in [0, 0.05) is 12.1 Å². The molecule has 1 unspecified atom stereocenters. The van der Waals surface area contributed by atoms with E-state index in [1.807, 2.05) is 48.5 Å². The topological polar surface area (TPSA) is 32.3 Å². The Kier molecular flexibility index (Phi) is 4.86. The molecule has 1 saturated heterocycles. The lowest BCUT2D eigenvalue weighted by molar-refractivity contribution is 0.0927. The maximum absolute atomic E-state index is 12.5. The Labute approximate surface area is 132 Å². The number of benzene rings is 2. The van der Waals surface area contributed by atoms with Gasteiger partial charge in [0.15, 0.2) is 0 Å². The lowest BCUT2D eigenvalue weighted by Crippen LogP contribution is -2.37. The predicted molar refractivity (Wildman–Crippen MR) is 88.8 cm³/mol. The van der Waals surface area contributed by atoms with Crippen molar-refractivity contribution in [2.24, 2.45) is 0 Å². The number of carbonyl (C=O) groups excluding carboxylic acids is 1. The van der Waals surface area contributed by atoms with Gasteiger partial charge in [0.2, 0.25) is 0 Å². The third-order valence-electron chi connectivity index (χ3n) is 4.18. The molecule has 1 fully saturated rings. The average Bonchev–Trinajstić information content (AvgIpc) is 3.09. The fourth-order valence-corrected chi connectivity index (χ4v) is 2.97. The minimum atomic E-state index is -0.00588. The lowest BCUT2D eigenvalue weighted by atomic mass is 10.1. The van der Waals surface area contributed by atoms with Crippen molar-refractivity contribution in [2.45, 2.75) is 18.9 Å². The van der Waals surface area contributed by atoms with Gasteiger partial charge in [-0.3, -0.25) is 4.79 Å². The maximum atomic E-state index is 12.5. The van der Waals surface area contributed by atoms with Crippen LogP contribution in [0.5, 0.6) is 0 Å². The molecule has 1 amide bonds. The van der Waals surface area contributed by atoms with Gasteiger partial charge >= 0.3 is 0 Å². The molecule has 1 aliphatic heterocycles. The van der Waals surface area contributed by atoms with Crippen molar-refractivity contribution in [2.75, 3.05) is 19.6 Å². The highest BCUT2D eigenvalue weighted by molar-refractivity contribution is 5.94. The molecule has 0 bridgehead atoms. The van der Waals surface area contributed by atoms with Crippen molar-refractivity contribution < 1.29 is 4.79 Å². The first-order chi connectivity index (χ1) is 10.8. The number of hydrogen-bond acceptors (Lipinski definition) is 2. The van der Waals surface area contributed by atoms with Crippen LogP contribution in [0.15, 0.2) is 60.7 Å². The van der Waals surface area contributed by atoms with Crippen LogP contribution >= 0.6 is 0 Å². The quantitative estimate of drug-likeness (QED) is 0.918. The zero-order valence-corrected chi connectivity index (χ0v) is 12.7. The van der Waals surface area contributed by atoms with Gasteiger partial charge in [-0.1, -0.05) is 48.5 Å². The summed E-state index contributed by atoms with van der Waals surface area (Å²) in [5.74, 6) is -0.00588. The summed E-state index contributed by atoms with van der Waals surface area (Å²) in [5, 5.41) is 3.20. The summed E-state index contributed by atoms with van der Waals surface area (Å²) in [5.41, 5.74) is 1.88. The van der Waals surface area contributed by atoms with Crippen LogP contribution in [0.3, 0.4) is 0 Å². The Morgan fingerprint density at radius 3 is 2.18 bits per heavy atom. The van der Waals surface area contributed by atoms with Crippen LogP contribution in [0.2, 0.25) is 0 Å². The van der Waals surface area contributed by atoms with Crippen molar-refractivity contribution in [3.05, 3.63) is 71.8 Å². The molecule has 22 heavy (non-hydrogen) atoms. The number of carbonyl (C=O) groups is 1. The largest absolute Gasteiger partial charge is 0.344 e. The number of nitrogens with zero attached hydrogens (tertiary/aromatic N) is 1. The standard InChI is InChI=1S/C19H22N2O/c22-19(17-11-5-2-6-12-17)20-18(15-21-13-7-8-14-21)16-9-3-1-4-10-16/h1-6,9-12,18H,7-8,13-15H2,(H,20,22). The van der Waals surface area contributed by atoms with E-state index in [0.29, 0.717) is 5.56 Å². The van der Waals surface area contributed by atoms with E-state index in [1.165, 1.54) is 18.4 Å². The third kappa shape index (κ3) is 3.74. The Morgan fingerprint density at radius 2 is 1.55 bits per heavy atom. The fourth-order valence-electron chi connectivity index (χ4n) is 2.97. The third-order valence-corrected chi connectivity index (χ3v) is 4.18. The number of likely N-dealkylation sites (tertiary alicyclic amines) is 1. The second-order valence-corrected chi connectivity index (χ2v) is 5.81. The molecule has 1 N–H and O–H groups in total. The maximum Gasteiger partial charge on any atom is 0.251 e. The zero-order chi connectivity index (χ0) is 15.2. The summed E-state index contributed by atoms with van der Waals surface area (Å²) in [6.45, 7) is 3.14. The summed E-state index contributed by atoms with van der Waals surface area (Å²) in [4.78, 5) is 14.9. The summed E-state index contributed by atoms with van der Waals surface area (Å²) in [7, 11) is 0. The molecule has 3 nitrogen and oxygen atoms in total. The zero-order valence-electron chi connectivity index (χ0n) is 12.7. The summed E-state index contributed by atoms with van der Waals surface area (Å²) in [6.07, 6.45) is 2.52. The molecule has 1 heterocycles. The van der Waals surface area contributed by atoms with Gasteiger partial charge in [-0.05, 0) is 43.6 Å². The molecule has 0 aliphatic carbocycles. The van der Waals surface area contributed by atoms with Crippen molar-refractivity contribution in [3.8, 4) is 0 Å². The molecular weight excluding hydrogens is 272 g/mol. The molecule has 1 aliphatic rings. The van der Waals surface area contributed by atoms with Crippen molar-refractivity contribution in [1.29, 1.82) is 0 Å². The second kappa shape index (κ2) is 7.23. The van der Waals surface area contributed by atoms with Crippen LogP contribution in [-0.2, 0) is 0 Å².